The molecular formula is C14H15N3O2S. The van der Waals surface area contributed by atoms with Gasteiger partial charge < -0.3 is 9.67 Å². The van der Waals surface area contributed by atoms with Gasteiger partial charge in [-0.3, -0.25) is 0 Å². The van der Waals surface area contributed by atoms with E-state index in [0.29, 0.717) is 5.56 Å². The fourth-order valence-corrected chi connectivity index (χ4v) is 3.18. The predicted octanol–water partition coefficient (Wildman–Crippen LogP) is 2.85. The van der Waals surface area contributed by atoms with Crippen LogP contribution >= 0.6 is 11.8 Å². The highest BCUT2D eigenvalue weighted by Crippen LogP contribution is 2.28. The van der Waals surface area contributed by atoms with E-state index in [4.69, 9.17) is 5.11 Å². The van der Waals surface area contributed by atoms with Gasteiger partial charge in [0, 0.05) is 17.9 Å². The number of aromatic carboxylic acids is 1. The molecule has 2 aromatic rings. The third kappa shape index (κ3) is 2.70. The van der Waals surface area contributed by atoms with Crippen LogP contribution in [0.25, 0.3) is 0 Å². The average molecular weight is 289 g/mol. The molecule has 0 bridgehead atoms. The number of aromatic nitrogens is 3. The van der Waals surface area contributed by atoms with Gasteiger partial charge in [-0.25, -0.2) is 4.79 Å². The molecule has 1 aromatic carbocycles. The van der Waals surface area contributed by atoms with E-state index in [1.165, 1.54) is 24.6 Å². The Hall–Kier alpha value is -1.82. The van der Waals surface area contributed by atoms with Crippen LogP contribution in [0.5, 0.6) is 0 Å². The molecule has 1 aliphatic rings. The zero-order chi connectivity index (χ0) is 13.9. The third-order valence-corrected chi connectivity index (χ3v) is 4.38. The van der Waals surface area contributed by atoms with Crippen molar-refractivity contribution >= 4 is 17.7 Å². The van der Waals surface area contributed by atoms with Gasteiger partial charge in [0.05, 0.1) is 5.56 Å². The number of nitrogens with zero attached hydrogens (tertiary/aromatic N) is 3. The lowest BCUT2D eigenvalue weighted by Gasteiger charge is -2.06. The van der Waals surface area contributed by atoms with Gasteiger partial charge in [0.15, 0.2) is 5.16 Å². The van der Waals surface area contributed by atoms with Crippen LogP contribution in [0, 0.1) is 0 Å². The topological polar surface area (TPSA) is 68.0 Å². The standard InChI is InChI=1S/C14H15N3O2S/c18-13(19)10-5-7-11(8-6-10)20-14-16-15-12-4-2-1-3-9-17(12)14/h5-8H,1-4,9H2,(H,18,19). The number of rotatable bonds is 3. The largest absolute Gasteiger partial charge is 0.478 e. The van der Waals surface area contributed by atoms with Gasteiger partial charge in [-0.2, -0.15) is 0 Å². The Morgan fingerprint density at radius 1 is 1.15 bits per heavy atom. The van der Waals surface area contributed by atoms with E-state index in [1.807, 2.05) is 12.1 Å². The van der Waals surface area contributed by atoms with Crippen LogP contribution in [-0.4, -0.2) is 25.8 Å². The first-order valence-corrected chi connectivity index (χ1v) is 7.49. The van der Waals surface area contributed by atoms with Crippen LogP contribution in [0.3, 0.4) is 0 Å². The minimum absolute atomic E-state index is 0.300. The Kier molecular flexibility index (Phi) is 3.73. The van der Waals surface area contributed by atoms with Gasteiger partial charge in [0.2, 0.25) is 0 Å². The summed E-state index contributed by atoms with van der Waals surface area (Å²) < 4.78 is 2.18. The molecule has 0 spiro atoms. The molecule has 0 fully saturated rings. The summed E-state index contributed by atoms with van der Waals surface area (Å²) in [6, 6.07) is 6.85. The van der Waals surface area contributed by atoms with Crippen LogP contribution in [0.1, 0.15) is 35.4 Å². The molecule has 5 nitrogen and oxygen atoms in total. The normalized spacial score (nSPS) is 14.6. The molecule has 1 aliphatic heterocycles. The van der Waals surface area contributed by atoms with Crippen molar-refractivity contribution in [3.63, 3.8) is 0 Å². The average Bonchev–Trinajstić information content (AvgIpc) is 2.69. The molecule has 20 heavy (non-hydrogen) atoms. The lowest BCUT2D eigenvalue weighted by atomic mass is 10.2. The van der Waals surface area contributed by atoms with Gasteiger partial charge in [0.25, 0.3) is 0 Å². The fraction of sp³-hybridized carbons (Fsp3) is 0.357. The number of aryl methyl sites for hydroxylation is 1. The van der Waals surface area contributed by atoms with Gasteiger partial charge in [-0.15, -0.1) is 10.2 Å². The molecule has 2 heterocycles. The Labute approximate surface area is 121 Å². The Bertz CT molecular complexity index is 622. The van der Waals surface area contributed by atoms with E-state index in [9.17, 15) is 4.79 Å². The summed E-state index contributed by atoms with van der Waals surface area (Å²) in [5, 5.41) is 18.3. The van der Waals surface area contributed by atoms with Crippen molar-refractivity contribution in [2.45, 2.75) is 42.3 Å². The van der Waals surface area contributed by atoms with Gasteiger partial charge >= 0.3 is 5.97 Å². The van der Waals surface area contributed by atoms with Crippen molar-refractivity contribution in [1.29, 1.82) is 0 Å². The molecule has 0 unspecified atom stereocenters. The molecule has 0 radical (unpaired) electrons. The van der Waals surface area contributed by atoms with Crippen LogP contribution in [0.4, 0.5) is 0 Å². The maximum Gasteiger partial charge on any atom is 0.335 e. The van der Waals surface area contributed by atoms with Crippen LogP contribution in [-0.2, 0) is 13.0 Å². The maximum absolute atomic E-state index is 10.8. The first kappa shape index (κ1) is 13.2. The zero-order valence-electron chi connectivity index (χ0n) is 11.0. The molecule has 104 valence electrons. The summed E-state index contributed by atoms with van der Waals surface area (Å²) in [6.45, 7) is 0.970. The minimum Gasteiger partial charge on any atom is -0.478 e. The smallest absolute Gasteiger partial charge is 0.335 e. The lowest BCUT2D eigenvalue weighted by Crippen LogP contribution is -2.02. The van der Waals surface area contributed by atoms with Crippen LogP contribution in [0.15, 0.2) is 34.3 Å². The Balaban J connectivity index is 1.81. The monoisotopic (exact) mass is 289 g/mol. The highest BCUT2D eigenvalue weighted by Gasteiger charge is 2.15. The number of fused-ring (bicyclic) bond motifs is 1. The van der Waals surface area contributed by atoms with Gasteiger partial charge in [0.1, 0.15) is 5.82 Å². The number of hydrogen-bond acceptors (Lipinski definition) is 4. The number of carboxylic acid groups (broad SMARTS) is 1. The number of hydrogen-bond donors (Lipinski definition) is 1. The molecule has 1 aromatic heterocycles. The zero-order valence-corrected chi connectivity index (χ0v) is 11.8. The molecule has 0 saturated carbocycles. The second-order valence-electron chi connectivity index (χ2n) is 4.79. The van der Waals surface area contributed by atoms with Crippen molar-refractivity contribution in [2.24, 2.45) is 0 Å². The van der Waals surface area contributed by atoms with Gasteiger partial charge in [-0.1, -0.05) is 6.42 Å². The fourth-order valence-electron chi connectivity index (χ4n) is 2.30. The van der Waals surface area contributed by atoms with Crippen molar-refractivity contribution in [1.82, 2.24) is 14.8 Å². The second kappa shape index (κ2) is 5.66. The summed E-state index contributed by atoms with van der Waals surface area (Å²) in [6.07, 6.45) is 4.57. The molecule has 1 N–H and O–H groups in total. The van der Waals surface area contributed by atoms with Crippen molar-refractivity contribution < 1.29 is 9.90 Å². The molecule has 0 amide bonds. The van der Waals surface area contributed by atoms with E-state index >= 15 is 0 Å². The number of benzene rings is 1. The predicted molar refractivity (Wildman–Crippen MR) is 75.1 cm³/mol. The molecule has 0 aliphatic carbocycles. The number of carboxylic acids is 1. The second-order valence-corrected chi connectivity index (χ2v) is 5.83. The van der Waals surface area contributed by atoms with Crippen molar-refractivity contribution in [3.05, 3.63) is 35.7 Å². The van der Waals surface area contributed by atoms with E-state index in [0.717, 1.165) is 35.3 Å². The summed E-state index contributed by atoms with van der Waals surface area (Å²) in [5.41, 5.74) is 0.300. The molecule has 3 rings (SSSR count). The van der Waals surface area contributed by atoms with Crippen LogP contribution < -0.4 is 0 Å². The quantitative estimate of drug-likeness (QED) is 0.941. The van der Waals surface area contributed by atoms with E-state index in [2.05, 4.69) is 14.8 Å². The Morgan fingerprint density at radius 3 is 2.70 bits per heavy atom. The summed E-state index contributed by atoms with van der Waals surface area (Å²) in [7, 11) is 0. The SMILES string of the molecule is O=C(O)c1ccc(Sc2nnc3n2CCCCC3)cc1. The van der Waals surface area contributed by atoms with E-state index in [1.54, 1.807) is 12.1 Å². The van der Waals surface area contributed by atoms with E-state index in [-0.39, 0.29) is 0 Å². The summed E-state index contributed by atoms with van der Waals surface area (Å²) in [4.78, 5) is 11.8. The summed E-state index contributed by atoms with van der Waals surface area (Å²) >= 11 is 1.53. The number of carbonyl (C=O) groups is 1. The third-order valence-electron chi connectivity index (χ3n) is 3.39. The van der Waals surface area contributed by atoms with Crippen molar-refractivity contribution in [2.75, 3.05) is 0 Å². The van der Waals surface area contributed by atoms with Crippen LogP contribution in [0.2, 0.25) is 0 Å². The molecule has 0 atom stereocenters. The van der Waals surface area contributed by atoms with Crippen molar-refractivity contribution in [3.8, 4) is 0 Å². The highest BCUT2D eigenvalue weighted by molar-refractivity contribution is 7.99. The van der Waals surface area contributed by atoms with E-state index < -0.39 is 5.97 Å². The first-order valence-electron chi connectivity index (χ1n) is 6.67. The molecule has 0 saturated heterocycles. The maximum atomic E-state index is 10.8. The summed E-state index contributed by atoms with van der Waals surface area (Å²) in [5.74, 6) is 0.157. The highest BCUT2D eigenvalue weighted by atomic mass is 32.2. The Morgan fingerprint density at radius 2 is 1.95 bits per heavy atom. The lowest BCUT2D eigenvalue weighted by molar-refractivity contribution is 0.0697. The molecule has 6 heteroatoms. The molecular weight excluding hydrogens is 274 g/mol. The van der Waals surface area contributed by atoms with Gasteiger partial charge in [-0.05, 0) is 48.9 Å². The first-order chi connectivity index (χ1) is 9.74. The minimum atomic E-state index is -0.905.